The van der Waals surface area contributed by atoms with Crippen LogP contribution in [0.15, 0.2) is 46.7 Å². The molecule has 0 aromatic heterocycles. The summed E-state index contributed by atoms with van der Waals surface area (Å²) in [4.78, 5) is 1.40. The maximum Gasteiger partial charge on any atom is -0.0144 e. The minimum Gasteiger partial charge on any atom is -0.103 e. The quantitative estimate of drug-likeness (QED) is 0.650. The van der Waals surface area contributed by atoms with Gasteiger partial charge < -0.3 is 0 Å². The molecule has 0 amide bonds. The molecule has 0 spiro atoms. The number of hydrogen-bond acceptors (Lipinski definition) is 1. The van der Waals surface area contributed by atoms with Crippen molar-refractivity contribution in [2.24, 2.45) is 5.92 Å². The van der Waals surface area contributed by atoms with Gasteiger partial charge in [0.1, 0.15) is 0 Å². The molecule has 18 heavy (non-hydrogen) atoms. The van der Waals surface area contributed by atoms with Crippen LogP contribution in [-0.2, 0) is 0 Å². The summed E-state index contributed by atoms with van der Waals surface area (Å²) in [5.74, 6) is 0.600. The van der Waals surface area contributed by atoms with Crippen molar-refractivity contribution in [3.63, 3.8) is 0 Å². The molecule has 0 saturated carbocycles. The normalized spacial score (nSPS) is 20.5. The van der Waals surface area contributed by atoms with E-state index < -0.39 is 0 Å². The summed E-state index contributed by atoms with van der Waals surface area (Å²) < 4.78 is 0. The second kappa shape index (κ2) is 6.10. The van der Waals surface area contributed by atoms with Crippen molar-refractivity contribution >= 4 is 23.4 Å². The second-order valence-corrected chi connectivity index (χ2v) is 5.88. The number of benzene rings is 1. The number of allylic oxidation sites excluding steroid dienone is 4. The zero-order chi connectivity index (χ0) is 13.0. The van der Waals surface area contributed by atoms with Crippen molar-refractivity contribution in [3.8, 4) is 0 Å². The van der Waals surface area contributed by atoms with Crippen molar-refractivity contribution in [2.75, 3.05) is 0 Å². The fraction of sp³-hybridized carbons (Fsp3) is 0.294. The van der Waals surface area contributed by atoms with E-state index in [0.29, 0.717) is 5.92 Å². The van der Waals surface area contributed by atoms with Gasteiger partial charge in [0.2, 0.25) is 0 Å². The van der Waals surface area contributed by atoms with Crippen LogP contribution in [0.3, 0.4) is 0 Å². The molecule has 0 nitrogen and oxygen atoms in total. The molecule has 0 aliphatic carbocycles. The van der Waals surface area contributed by atoms with Gasteiger partial charge in [-0.25, -0.2) is 0 Å². The van der Waals surface area contributed by atoms with Crippen molar-refractivity contribution < 1.29 is 0 Å². The Kier molecular flexibility index (Phi) is 4.48. The van der Waals surface area contributed by atoms with Crippen LogP contribution < -0.4 is 0 Å². The predicted octanol–water partition coefficient (Wildman–Crippen LogP) is 5.74. The lowest BCUT2D eigenvalue weighted by molar-refractivity contribution is 0.766. The van der Waals surface area contributed by atoms with Gasteiger partial charge in [-0.3, -0.25) is 0 Å². The topological polar surface area (TPSA) is 0 Å². The summed E-state index contributed by atoms with van der Waals surface area (Å²) in [6.07, 6.45) is 7.69. The first kappa shape index (κ1) is 13.2. The molecule has 1 heterocycles. The first-order valence-corrected chi connectivity index (χ1v) is 7.35. The molecular formula is C17H20S. The minimum absolute atomic E-state index is 0.600. The fourth-order valence-electron chi connectivity index (χ4n) is 2.12. The SMILES string of the molecule is CC=Cc1ccc(C2=CSC(C)=CCC2C)cc1. The molecule has 1 unspecified atom stereocenters. The first-order valence-electron chi connectivity index (χ1n) is 6.47. The summed E-state index contributed by atoms with van der Waals surface area (Å²) in [5.41, 5.74) is 4.08. The Bertz CT molecular complexity index is 489. The monoisotopic (exact) mass is 256 g/mol. The average Bonchev–Trinajstić information content (AvgIpc) is 2.54. The Balaban J connectivity index is 2.25. The summed E-state index contributed by atoms with van der Waals surface area (Å²) in [7, 11) is 0. The highest BCUT2D eigenvalue weighted by molar-refractivity contribution is 8.05. The molecule has 1 aromatic rings. The van der Waals surface area contributed by atoms with E-state index in [0.717, 1.165) is 6.42 Å². The number of hydrogen-bond donors (Lipinski definition) is 0. The van der Waals surface area contributed by atoms with E-state index in [1.807, 2.05) is 11.8 Å². The third-order valence-corrected chi connectivity index (χ3v) is 4.17. The maximum absolute atomic E-state index is 2.34. The zero-order valence-electron chi connectivity index (χ0n) is 11.3. The van der Waals surface area contributed by atoms with Crippen molar-refractivity contribution in [2.45, 2.75) is 27.2 Å². The molecule has 0 radical (unpaired) electrons. The molecule has 94 valence electrons. The van der Waals surface area contributed by atoms with Gasteiger partial charge in [-0.05, 0) is 53.2 Å². The minimum atomic E-state index is 0.600. The van der Waals surface area contributed by atoms with Crippen LogP contribution in [-0.4, -0.2) is 0 Å². The van der Waals surface area contributed by atoms with E-state index in [9.17, 15) is 0 Å². The molecule has 0 bridgehead atoms. The Morgan fingerprint density at radius 1 is 1.22 bits per heavy atom. The zero-order valence-corrected chi connectivity index (χ0v) is 12.1. The van der Waals surface area contributed by atoms with Gasteiger partial charge in [0.25, 0.3) is 0 Å². The Morgan fingerprint density at radius 2 is 1.94 bits per heavy atom. The molecule has 0 N–H and O–H groups in total. The predicted molar refractivity (Wildman–Crippen MR) is 84.3 cm³/mol. The summed E-state index contributed by atoms with van der Waals surface area (Å²) in [6.45, 7) is 6.54. The van der Waals surface area contributed by atoms with Crippen molar-refractivity contribution in [3.05, 3.63) is 57.9 Å². The largest absolute Gasteiger partial charge is 0.103 e. The summed E-state index contributed by atoms with van der Waals surface area (Å²) in [6, 6.07) is 8.86. The fourth-order valence-corrected chi connectivity index (χ4v) is 3.00. The van der Waals surface area contributed by atoms with E-state index >= 15 is 0 Å². The molecule has 0 saturated heterocycles. The third kappa shape index (κ3) is 3.17. The van der Waals surface area contributed by atoms with Gasteiger partial charge in [-0.1, -0.05) is 49.4 Å². The Hall–Kier alpha value is -1.21. The maximum atomic E-state index is 2.34. The highest BCUT2D eigenvalue weighted by Gasteiger charge is 2.12. The van der Waals surface area contributed by atoms with Crippen LogP contribution in [0, 0.1) is 5.92 Å². The molecule has 0 fully saturated rings. The Labute approximate surface area is 114 Å². The van der Waals surface area contributed by atoms with E-state index in [4.69, 9.17) is 0 Å². The molecule has 1 heteroatoms. The Morgan fingerprint density at radius 3 is 2.61 bits per heavy atom. The van der Waals surface area contributed by atoms with Crippen LogP contribution >= 0.6 is 11.8 Å². The van der Waals surface area contributed by atoms with Crippen LogP contribution in [0.5, 0.6) is 0 Å². The van der Waals surface area contributed by atoms with Crippen molar-refractivity contribution in [1.29, 1.82) is 0 Å². The van der Waals surface area contributed by atoms with Crippen LogP contribution in [0.2, 0.25) is 0 Å². The van der Waals surface area contributed by atoms with Crippen LogP contribution in [0.4, 0.5) is 0 Å². The molecule has 1 aromatic carbocycles. The van der Waals surface area contributed by atoms with E-state index in [-0.39, 0.29) is 0 Å². The van der Waals surface area contributed by atoms with E-state index in [1.54, 1.807) is 0 Å². The number of rotatable bonds is 2. The summed E-state index contributed by atoms with van der Waals surface area (Å²) in [5, 5.41) is 2.31. The highest BCUT2D eigenvalue weighted by Crippen LogP contribution is 2.35. The van der Waals surface area contributed by atoms with E-state index in [1.165, 1.54) is 21.6 Å². The first-order chi connectivity index (χ1) is 8.70. The molecule has 1 aliphatic heterocycles. The van der Waals surface area contributed by atoms with Gasteiger partial charge in [0, 0.05) is 0 Å². The van der Waals surface area contributed by atoms with Crippen molar-refractivity contribution in [1.82, 2.24) is 0 Å². The standard InChI is InChI=1S/C17H20S/c1-4-5-15-8-10-16(11-9-15)17-12-18-14(3)7-6-13(17)2/h4-5,7-13H,6H2,1-3H3. The van der Waals surface area contributed by atoms with Gasteiger partial charge in [-0.15, -0.1) is 11.8 Å². The smallest absolute Gasteiger partial charge is 0.0144 e. The second-order valence-electron chi connectivity index (χ2n) is 4.76. The van der Waals surface area contributed by atoms with Crippen LogP contribution in [0.1, 0.15) is 38.3 Å². The molecule has 2 rings (SSSR count). The lowest BCUT2D eigenvalue weighted by Gasteiger charge is -2.13. The van der Waals surface area contributed by atoms with Gasteiger partial charge in [-0.2, -0.15) is 0 Å². The summed E-state index contributed by atoms with van der Waals surface area (Å²) >= 11 is 1.85. The highest BCUT2D eigenvalue weighted by atomic mass is 32.2. The number of thioether (sulfide) groups is 1. The average molecular weight is 256 g/mol. The van der Waals surface area contributed by atoms with Gasteiger partial charge in [0.05, 0.1) is 0 Å². The molecule has 1 aliphatic rings. The van der Waals surface area contributed by atoms with Crippen LogP contribution in [0.25, 0.3) is 11.6 Å². The van der Waals surface area contributed by atoms with E-state index in [2.05, 4.69) is 68.7 Å². The van der Waals surface area contributed by atoms with Gasteiger partial charge in [0.15, 0.2) is 0 Å². The lowest BCUT2D eigenvalue weighted by Crippen LogP contribution is -1.96. The molecule has 1 atom stereocenters. The lowest BCUT2D eigenvalue weighted by atomic mass is 9.92. The molecular weight excluding hydrogens is 236 g/mol. The van der Waals surface area contributed by atoms with Gasteiger partial charge >= 0.3 is 0 Å². The third-order valence-electron chi connectivity index (χ3n) is 3.26.